The predicted octanol–water partition coefficient (Wildman–Crippen LogP) is 2.16. The second-order valence-electron chi connectivity index (χ2n) is 7.01. The molecule has 0 radical (unpaired) electrons. The molecule has 0 heterocycles. The molecular formula is C18H26Si2. The Kier molecular flexibility index (Phi) is 5.38. The molecule has 0 aliphatic heterocycles. The fourth-order valence-electron chi connectivity index (χ4n) is 2.98. The normalized spacial score (nSPS) is 14.3. The second-order valence-corrected chi connectivity index (χ2v) is 12.9. The van der Waals surface area contributed by atoms with E-state index in [1.54, 1.807) is 10.4 Å². The molecule has 0 N–H and O–H groups in total. The molecule has 0 aliphatic rings. The van der Waals surface area contributed by atoms with Gasteiger partial charge in [0, 0.05) is 0 Å². The van der Waals surface area contributed by atoms with Gasteiger partial charge in [-0.15, -0.1) is 0 Å². The van der Waals surface area contributed by atoms with E-state index in [1.807, 2.05) is 0 Å². The number of hydrogen-bond acceptors (Lipinski definition) is 0. The maximum atomic E-state index is 2.39. The van der Waals surface area contributed by atoms with Crippen molar-refractivity contribution in [1.82, 2.24) is 0 Å². The van der Waals surface area contributed by atoms with Crippen molar-refractivity contribution < 1.29 is 0 Å². The first kappa shape index (κ1) is 15.3. The molecule has 0 nitrogen and oxygen atoms in total. The zero-order valence-electron chi connectivity index (χ0n) is 13.0. The summed E-state index contributed by atoms with van der Waals surface area (Å²) in [5.41, 5.74) is 0.453. The summed E-state index contributed by atoms with van der Waals surface area (Å²) >= 11 is 0. The van der Waals surface area contributed by atoms with Gasteiger partial charge in [-0.3, -0.25) is 0 Å². The van der Waals surface area contributed by atoms with Crippen molar-refractivity contribution in [3.63, 3.8) is 0 Å². The molecule has 2 heteroatoms. The van der Waals surface area contributed by atoms with Gasteiger partial charge in [0.25, 0.3) is 0 Å². The number of benzene rings is 2. The molecule has 0 aromatic heterocycles. The Balaban J connectivity index is 2.08. The van der Waals surface area contributed by atoms with E-state index in [4.69, 9.17) is 0 Å². The summed E-state index contributed by atoms with van der Waals surface area (Å²) in [6, 6.07) is 22.4. The summed E-state index contributed by atoms with van der Waals surface area (Å²) in [5.74, 6) is 0. The third kappa shape index (κ3) is 5.47. The highest BCUT2D eigenvalue weighted by atomic mass is 28.3. The Bertz CT molecular complexity index is 458. The molecule has 0 bridgehead atoms. The molecule has 106 valence electrons. The molecule has 0 saturated heterocycles. The van der Waals surface area contributed by atoms with E-state index in [0.717, 1.165) is 5.16 Å². The molecule has 0 fully saturated rings. The highest BCUT2D eigenvalue weighted by molar-refractivity contribution is 6.73. The van der Waals surface area contributed by atoms with Gasteiger partial charge in [-0.2, -0.15) is 0 Å². The van der Waals surface area contributed by atoms with Gasteiger partial charge >= 0.3 is 0 Å². The monoisotopic (exact) mass is 298 g/mol. The highest BCUT2D eigenvalue weighted by Gasteiger charge is 2.20. The minimum atomic E-state index is -0.159. The predicted molar refractivity (Wildman–Crippen MR) is 97.1 cm³/mol. The van der Waals surface area contributed by atoms with Crippen LogP contribution in [-0.2, 0) is 0 Å². The van der Waals surface area contributed by atoms with Gasteiger partial charge in [0.1, 0.15) is 0 Å². The van der Waals surface area contributed by atoms with Crippen LogP contribution in [0.25, 0.3) is 0 Å². The van der Waals surface area contributed by atoms with E-state index in [9.17, 15) is 0 Å². The van der Waals surface area contributed by atoms with Crippen LogP contribution in [0.1, 0.15) is 27.2 Å². The lowest BCUT2D eigenvalue weighted by atomic mass is 9.93. The largest absolute Gasteiger partial charge is 0.0669 e. The van der Waals surface area contributed by atoms with Crippen molar-refractivity contribution >= 4 is 29.4 Å². The van der Waals surface area contributed by atoms with E-state index >= 15 is 0 Å². The van der Waals surface area contributed by atoms with Crippen LogP contribution in [0, 0.1) is 5.41 Å². The summed E-state index contributed by atoms with van der Waals surface area (Å²) < 4.78 is 0. The Morgan fingerprint density at radius 2 is 1.15 bits per heavy atom. The zero-order chi connectivity index (χ0) is 14.4. The maximum absolute atomic E-state index is 2.39. The first-order valence-electron chi connectivity index (χ1n) is 7.61. The van der Waals surface area contributed by atoms with Crippen molar-refractivity contribution in [2.24, 2.45) is 5.41 Å². The molecule has 0 spiro atoms. The van der Waals surface area contributed by atoms with Gasteiger partial charge in [-0.05, 0) is 5.41 Å². The average Bonchev–Trinajstić information content (AvgIpc) is 2.39. The summed E-state index contributed by atoms with van der Waals surface area (Å²) in [6.45, 7) is 7.16. The van der Waals surface area contributed by atoms with Crippen LogP contribution >= 0.6 is 0 Å². The SMILES string of the molecule is CC(C)(C)CC([SiH2]c1ccccc1)[SiH2]c1ccccc1. The molecule has 0 saturated carbocycles. The van der Waals surface area contributed by atoms with Gasteiger partial charge in [0.2, 0.25) is 0 Å². The fourth-order valence-corrected chi connectivity index (χ4v) is 10.00. The lowest BCUT2D eigenvalue weighted by Crippen LogP contribution is -2.31. The molecule has 0 unspecified atom stereocenters. The van der Waals surface area contributed by atoms with Gasteiger partial charge < -0.3 is 0 Å². The van der Waals surface area contributed by atoms with Crippen LogP contribution in [0.15, 0.2) is 60.7 Å². The van der Waals surface area contributed by atoms with Crippen molar-refractivity contribution in [3.8, 4) is 0 Å². The van der Waals surface area contributed by atoms with Crippen LogP contribution in [0.4, 0.5) is 0 Å². The van der Waals surface area contributed by atoms with Gasteiger partial charge in [0.05, 0.1) is 19.0 Å². The van der Waals surface area contributed by atoms with Gasteiger partial charge in [-0.1, -0.05) is 103 Å². The van der Waals surface area contributed by atoms with Crippen LogP contribution < -0.4 is 10.4 Å². The Labute approximate surface area is 128 Å². The number of hydrogen-bond donors (Lipinski definition) is 0. The quantitative estimate of drug-likeness (QED) is 0.742. The van der Waals surface area contributed by atoms with Crippen molar-refractivity contribution in [3.05, 3.63) is 60.7 Å². The Morgan fingerprint density at radius 1 is 0.750 bits per heavy atom. The molecule has 2 aromatic carbocycles. The third-order valence-corrected chi connectivity index (χ3v) is 8.99. The smallest absolute Gasteiger partial charge is 0.0550 e. The average molecular weight is 299 g/mol. The Hall–Kier alpha value is -1.13. The first-order chi connectivity index (χ1) is 9.53. The zero-order valence-corrected chi connectivity index (χ0v) is 15.8. The molecule has 20 heavy (non-hydrogen) atoms. The number of rotatable bonds is 5. The van der Waals surface area contributed by atoms with E-state index in [2.05, 4.69) is 81.4 Å². The fraction of sp³-hybridized carbons (Fsp3) is 0.333. The van der Waals surface area contributed by atoms with Crippen LogP contribution in [0.3, 0.4) is 0 Å². The molecule has 2 rings (SSSR count). The third-order valence-electron chi connectivity index (χ3n) is 3.64. The standard InChI is InChI=1S/C18H26Si2/c1-18(2,3)14-17(19-15-10-6-4-7-11-15)20-16-12-8-5-9-13-16/h4-13,17H,14,19-20H2,1-3H3. The highest BCUT2D eigenvalue weighted by Crippen LogP contribution is 2.26. The summed E-state index contributed by atoms with van der Waals surface area (Å²) in [4.78, 5) is 0. The van der Waals surface area contributed by atoms with Crippen LogP contribution in [0.5, 0.6) is 0 Å². The molecule has 0 amide bonds. The molecule has 0 atom stereocenters. The van der Waals surface area contributed by atoms with E-state index in [1.165, 1.54) is 6.42 Å². The minimum Gasteiger partial charge on any atom is -0.0669 e. The van der Waals surface area contributed by atoms with Crippen LogP contribution in [0.2, 0.25) is 5.16 Å². The van der Waals surface area contributed by atoms with E-state index < -0.39 is 0 Å². The lowest BCUT2D eigenvalue weighted by Gasteiger charge is -2.26. The van der Waals surface area contributed by atoms with Crippen LogP contribution in [-0.4, -0.2) is 19.0 Å². The molecule has 2 aromatic rings. The van der Waals surface area contributed by atoms with Crippen molar-refractivity contribution in [1.29, 1.82) is 0 Å². The maximum Gasteiger partial charge on any atom is 0.0550 e. The Morgan fingerprint density at radius 3 is 1.50 bits per heavy atom. The van der Waals surface area contributed by atoms with Crippen molar-refractivity contribution in [2.45, 2.75) is 32.4 Å². The van der Waals surface area contributed by atoms with E-state index in [0.29, 0.717) is 5.41 Å². The molecule has 0 aliphatic carbocycles. The first-order valence-corrected chi connectivity index (χ1v) is 10.7. The topological polar surface area (TPSA) is 0 Å². The molecular weight excluding hydrogens is 272 g/mol. The summed E-state index contributed by atoms with van der Waals surface area (Å²) in [5, 5.41) is 4.25. The minimum absolute atomic E-state index is 0.159. The summed E-state index contributed by atoms with van der Waals surface area (Å²) in [7, 11) is -0.319. The van der Waals surface area contributed by atoms with Gasteiger partial charge in [-0.25, -0.2) is 0 Å². The van der Waals surface area contributed by atoms with E-state index in [-0.39, 0.29) is 19.0 Å². The second kappa shape index (κ2) is 7.05. The lowest BCUT2D eigenvalue weighted by molar-refractivity contribution is 0.389. The van der Waals surface area contributed by atoms with Crippen molar-refractivity contribution in [2.75, 3.05) is 0 Å². The van der Waals surface area contributed by atoms with Gasteiger partial charge in [0.15, 0.2) is 0 Å². The summed E-state index contributed by atoms with van der Waals surface area (Å²) in [6.07, 6.45) is 1.38.